The molecule has 0 fully saturated rings. The molecule has 0 unspecified atom stereocenters. The molecular weight excluding hydrogens is 316 g/mol. The lowest BCUT2D eigenvalue weighted by atomic mass is 10.1. The Morgan fingerprint density at radius 3 is 2.71 bits per heavy atom. The molecule has 0 radical (unpaired) electrons. The number of methoxy groups -OCH3 is 1. The Hall–Kier alpha value is -1.78. The summed E-state index contributed by atoms with van der Waals surface area (Å²) in [4.78, 5) is 11.4. The number of carbonyl (C=O) groups excluding carboxylic acids is 1. The molecular formula is C15H12Cl2FNO2. The van der Waals surface area contributed by atoms with E-state index in [1.54, 1.807) is 18.2 Å². The van der Waals surface area contributed by atoms with Crippen molar-refractivity contribution in [1.29, 1.82) is 0 Å². The van der Waals surface area contributed by atoms with Crippen LogP contribution in [0.25, 0.3) is 0 Å². The zero-order valence-corrected chi connectivity index (χ0v) is 12.6. The standard InChI is InChI=1S/C15H12Cl2FNO2/c1-21-15(20)12-7-11(3-5-14(12)18)19-8-9-6-10(16)2-4-13(9)17/h2-7,19H,8H2,1H3. The van der Waals surface area contributed by atoms with Gasteiger partial charge in [0.05, 0.1) is 12.7 Å². The first kappa shape index (κ1) is 15.6. The Morgan fingerprint density at radius 1 is 1.24 bits per heavy atom. The monoisotopic (exact) mass is 327 g/mol. The third-order valence-corrected chi connectivity index (χ3v) is 3.47. The molecule has 2 rings (SSSR count). The molecule has 0 atom stereocenters. The van der Waals surface area contributed by atoms with Crippen LogP contribution in [0.15, 0.2) is 36.4 Å². The highest BCUT2D eigenvalue weighted by Crippen LogP contribution is 2.22. The van der Waals surface area contributed by atoms with Crippen molar-refractivity contribution < 1.29 is 13.9 Å². The van der Waals surface area contributed by atoms with Gasteiger partial charge in [-0.15, -0.1) is 0 Å². The minimum Gasteiger partial charge on any atom is -0.465 e. The Bertz CT molecular complexity index is 677. The first-order valence-electron chi connectivity index (χ1n) is 6.07. The number of ether oxygens (including phenoxy) is 1. The van der Waals surface area contributed by atoms with Crippen molar-refractivity contribution in [2.24, 2.45) is 0 Å². The second kappa shape index (κ2) is 6.78. The summed E-state index contributed by atoms with van der Waals surface area (Å²) in [6.45, 7) is 0.394. The summed E-state index contributed by atoms with van der Waals surface area (Å²) in [5.74, 6) is -1.36. The largest absolute Gasteiger partial charge is 0.465 e. The van der Waals surface area contributed by atoms with Crippen molar-refractivity contribution >= 4 is 34.9 Å². The number of rotatable bonds is 4. The van der Waals surface area contributed by atoms with Gasteiger partial charge in [-0.05, 0) is 42.0 Å². The molecule has 3 nitrogen and oxygen atoms in total. The molecule has 0 spiro atoms. The fourth-order valence-electron chi connectivity index (χ4n) is 1.78. The van der Waals surface area contributed by atoms with E-state index in [0.29, 0.717) is 22.3 Å². The van der Waals surface area contributed by atoms with Crippen molar-refractivity contribution in [3.8, 4) is 0 Å². The van der Waals surface area contributed by atoms with Crippen molar-refractivity contribution in [1.82, 2.24) is 0 Å². The molecule has 0 aliphatic rings. The van der Waals surface area contributed by atoms with Crippen LogP contribution >= 0.6 is 23.2 Å². The van der Waals surface area contributed by atoms with Crippen LogP contribution in [0.5, 0.6) is 0 Å². The van der Waals surface area contributed by atoms with Gasteiger partial charge in [-0.3, -0.25) is 0 Å². The molecule has 0 aliphatic carbocycles. The Balaban J connectivity index is 2.17. The highest BCUT2D eigenvalue weighted by molar-refractivity contribution is 6.33. The maximum Gasteiger partial charge on any atom is 0.340 e. The van der Waals surface area contributed by atoms with Gasteiger partial charge >= 0.3 is 5.97 Å². The zero-order chi connectivity index (χ0) is 15.4. The topological polar surface area (TPSA) is 38.3 Å². The van der Waals surface area contributed by atoms with E-state index in [4.69, 9.17) is 23.2 Å². The van der Waals surface area contributed by atoms with Gasteiger partial charge in [-0.2, -0.15) is 0 Å². The van der Waals surface area contributed by atoms with E-state index in [1.807, 2.05) is 0 Å². The van der Waals surface area contributed by atoms with Crippen LogP contribution in [-0.2, 0) is 11.3 Å². The molecule has 0 aliphatic heterocycles. The molecule has 6 heteroatoms. The average molecular weight is 328 g/mol. The lowest BCUT2D eigenvalue weighted by Gasteiger charge is -2.10. The Kier molecular flexibility index (Phi) is 5.04. The predicted molar refractivity (Wildman–Crippen MR) is 81.5 cm³/mol. The summed E-state index contributed by atoms with van der Waals surface area (Å²) in [5.41, 5.74) is 1.25. The second-order valence-electron chi connectivity index (χ2n) is 4.28. The lowest BCUT2D eigenvalue weighted by molar-refractivity contribution is 0.0595. The van der Waals surface area contributed by atoms with E-state index in [1.165, 1.54) is 25.3 Å². The van der Waals surface area contributed by atoms with Crippen LogP contribution in [0.3, 0.4) is 0 Å². The average Bonchev–Trinajstić information content (AvgIpc) is 2.48. The first-order valence-corrected chi connectivity index (χ1v) is 6.82. The fraction of sp³-hybridized carbons (Fsp3) is 0.133. The second-order valence-corrected chi connectivity index (χ2v) is 5.12. The van der Waals surface area contributed by atoms with E-state index < -0.39 is 11.8 Å². The molecule has 2 aromatic rings. The van der Waals surface area contributed by atoms with Gasteiger partial charge in [-0.25, -0.2) is 9.18 Å². The molecule has 1 N–H and O–H groups in total. The number of hydrogen-bond acceptors (Lipinski definition) is 3. The maximum absolute atomic E-state index is 13.5. The van der Waals surface area contributed by atoms with Gasteiger partial charge in [-0.1, -0.05) is 23.2 Å². The van der Waals surface area contributed by atoms with Crippen molar-refractivity contribution in [2.75, 3.05) is 12.4 Å². The Labute approximate surface area is 131 Å². The number of esters is 1. The highest BCUT2D eigenvalue weighted by Gasteiger charge is 2.12. The van der Waals surface area contributed by atoms with Crippen LogP contribution in [0, 0.1) is 5.82 Å². The van der Waals surface area contributed by atoms with Gasteiger partial charge in [0.1, 0.15) is 5.82 Å². The van der Waals surface area contributed by atoms with Crippen LogP contribution in [0.4, 0.5) is 10.1 Å². The summed E-state index contributed by atoms with van der Waals surface area (Å²) in [6.07, 6.45) is 0. The van der Waals surface area contributed by atoms with Gasteiger partial charge in [0, 0.05) is 22.3 Å². The molecule has 110 valence electrons. The lowest BCUT2D eigenvalue weighted by Crippen LogP contribution is -2.06. The summed E-state index contributed by atoms with van der Waals surface area (Å²) in [6, 6.07) is 9.25. The van der Waals surface area contributed by atoms with Crippen LogP contribution in [0.1, 0.15) is 15.9 Å². The van der Waals surface area contributed by atoms with Crippen LogP contribution < -0.4 is 5.32 Å². The number of nitrogens with one attached hydrogen (secondary N) is 1. The molecule has 0 saturated carbocycles. The van der Waals surface area contributed by atoms with Crippen molar-refractivity contribution in [2.45, 2.75) is 6.54 Å². The summed E-state index contributed by atoms with van der Waals surface area (Å²) < 4.78 is 18.0. The quantitative estimate of drug-likeness (QED) is 0.838. The number of hydrogen-bond donors (Lipinski definition) is 1. The third-order valence-electron chi connectivity index (χ3n) is 2.86. The minimum atomic E-state index is -0.725. The van der Waals surface area contributed by atoms with Gasteiger partial charge in [0.2, 0.25) is 0 Å². The smallest absolute Gasteiger partial charge is 0.340 e. The summed E-state index contributed by atoms with van der Waals surface area (Å²) in [5, 5.41) is 4.20. The molecule has 0 aromatic heterocycles. The molecule has 0 heterocycles. The van der Waals surface area contributed by atoms with Crippen molar-refractivity contribution in [3.05, 3.63) is 63.4 Å². The molecule has 0 saturated heterocycles. The SMILES string of the molecule is COC(=O)c1cc(NCc2cc(Cl)ccc2Cl)ccc1F. The van der Waals surface area contributed by atoms with E-state index in [2.05, 4.69) is 10.1 Å². The summed E-state index contributed by atoms with van der Waals surface area (Å²) >= 11 is 12.0. The normalized spacial score (nSPS) is 10.3. The number of benzene rings is 2. The Morgan fingerprint density at radius 2 is 2.00 bits per heavy atom. The fourth-order valence-corrected chi connectivity index (χ4v) is 2.16. The van der Waals surface area contributed by atoms with Gasteiger partial charge in [0.25, 0.3) is 0 Å². The number of halogens is 3. The van der Waals surface area contributed by atoms with E-state index in [-0.39, 0.29) is 5.56 Å². The molecule has 2 aromatic carbocycles. The van der Waals surface area contributed by atoms with Crippen molar-refractivity contribution in [3.63, 3.8) is 0 Å². The third kappa shape index (κ3) is 3.86. The van der Waals surface area contributed by atoms with E-state index in [9.17, 15) is 9.18 Å². The predicted octanol–water partition coefficient (Wildman–Crippen LogP) is 4.53. The maximum atomic E-state index is 13.5. The molecule has 0 bridgehead atoms. The van der Waals surface area contributed by atoms with Crippen LogP contribution in [-0.4, -0.2) is 13.1 Å². The van der Waals surface area contributed by atoms with E-state index >= 15 is 0 Å². The van der Waals surface area contributed by atoms with Crippen LogP contribution in [0.2, 0.25) is 10.0 Å². The number of carbonyl (C=O) groups is 1. The van der Waals surface area contributed by atoms with E-state index in [0.717, 1.165) is 5.56 Å². The highest BCUT2D eigenvalue weighted by atomic mass is 35.5. The first-order chi connectivity index (χ1) is 10.0. The van der Waals surface area contributed by atoms with Gasteiger partial charge < -0.3 is 10.1 Å². The molecule has 21 heavy (non-hydrogen) atoms. The molecule has 0 amide bonds. The minimum absolute atomic E-state index is 0.125. The van der Waals surface area contributed by atoms with Gasteiger partial charge in [0.15, 0.2) is 0 Å². The summed E-state index contributed by atoms with van der Waals surface area (Å²) in [7, 11) is 1.20. The number of anilines is 1. The zero-order valence-electron chi connectivity index (χ0n) is 11.1.